The molecule has 0 radical (unpaired) electrons. The van der Waals surface area contributed by atoms with Gasteiger partial charge in [0.25, 0.3) is 0 Å². The van der Waals surface area contributed by atoms with Crippen molar-refractivity contribution >= 4 is 37.5 Å². The summed E-state index contributed by atoms with van der Waals surface area (Å²) in [6.07, 6.45) is 0. The third-order valence-electron chi connectivity index (χ3n) is 2.76. The molecule has 0 atom stereocenters. The molecule has 0 saturated carbocycles. The number of sulfonamides is 1. The minimum atomic E-state index is -3.80. The normalized spacial score (nSPS) is 12.3. The summed E-state index contributed by atoms with van der Waals surface area (Å²) in [4.78, 5) is 11.9. The fourth-order valence-corrected chi connectivity index (χ4v) is 2.11. The van der Waals surface area contributed by atoms with Crippen LogP contribution in [0.15, 0.2) is 17.0 Å². The molecule has 0 bridgehead atoms. The van der Waals surface area contributed by atoms with Crippen molar-refractivity contribution in [2.24, 2.45) is 5.14 Å². The highest BCUT2D eigenvalue weighted by atomic mass is 79.9. The fraction of sp³-hybridized carbons (Fsp3) is 0.417. The van der Waals surface area contributed by atoms with E-state index in [4.69, 9.17) is 5.14 Å². The molecular formula is C12H17BrN2O3S. The van der Waals surface area contributed by atoms with Gasteiger partial charge in [0, 0.05) is 5.69 Å². The molecule has 19 heavy (non-hydrogen) atoms. The zero-order valence-electron chi connectivity index (χ0n) is 11.2. The molecular weight excluding hydrogens is 332 g/mol. The Balaban J connectivity index is 3.29. The Morgan fingerprint density at radius 1 is 1.32 bits per heavy atom. The third kappa shape index (κ3) is 4.02. The number of hydrogen-bond donors (Lipinski definition) is 2. The van der Waals surface area contributed by atoms with Crippen LogP contribution >= 0.6 is 15.9 Å². The summed E-state index contributed by atoms with van der Waals surface area (Å²) in [6.45, 7) is 6.97. The number of rotatable bonds is 3. The van der Waals surface area contributed by atoms with E-state index >= 15 is 0 Å². The maximum absolute atomic E-state index is 11.9. The average molecular weight is 349 g/mol. The van der Waals surface area contributed by atoms with E-state index in [-0.39, 0.29) is 10.8 Å². The molecule has 0 aliphatic rings. The zero-order chi connectivity index (χ0) is 15.0. The average Bonchev–Trinajstić information content (AvgIpc) is 2.21. The summed E-state index contributed by atoms with van der Waals surface area (Å²) < 4.78 is 22.0. The van der Waals surface area contributed by atoms with Gasteiger partial charge in [0.2, 0.25) is 15.9 Å². The van der Waals surface area contributed by atoms with Gasteiger partial charge in [0.1, 0.15) is 0 Å². The van der Waals surface area contributed by atoms with Gasteiger partial charge in [-0.2, -0.15) is 0 Å². The number of amides is 1. The van der Waals surface area contributed by atoms with Crippen molar-refractivity contribution in [3.8, 4) is 0 Å². The topological polar surface area (TPSA) is 89.3 Å². The van der Waals surface area contributed by atoms with Crippen molar-refractivity contribution < 1.29 is 13.2 Å². The van der Waals surface area contributed by atoms with Gasteiger partial charge in [-0.25, -0.2) is 13.6 Å². The molecule has 1 aromatic carbocycles. The van der Waals surface area contributed by atoms with Gasteiger partial charge in [-0.1, -0.05) is 15.9 Å². The van der Waals surface area contributed by atoms with Gasteiger partial charge in [-0.15, -0.1) is 0 Å². The van der Waals surface area contributed by atoms with E-state index in [1.165, 1.54) is 12.1 Å². The van der Waals surface area contributed by atoms with Crippen molar-refractivity contribution in [3.63, 3.8) is 0 Å². The second-order valence-corrected chi connectivity index (χ2v) is 8.43. The molecule has 0 saturated heterocycles. The molecule has 0 fully saturated rings. The van der Waals surface area contributed by atoms with Gasteiger partial charge in [0.15, 0.2) is 0 Å². The number of halogens is 1. The molecule has 1 amide bonds. The molecule has 7 heteroatoms. The smallest absolute Gasteiger partial charge is 0.240 e. The van der Waals surface area contributed by atoms with Crippen LogP contribution in [0.2, 0.25) is 0 Å². The van der Waals surface area contributed by atoms with E-state index in [9.17, 15) is 13.2 Å². The summed E-state index contributed by atoms with van der Waals surface area (Å²) in [5.41, 5.74) is 1.99. The van der Waals surface area contributed by atoms with Crippen LogP contribution in [0.4, 0.5) is 5.69 Å². The highest BCUT2D eigenvalue weighted by Crippen LogP contribution is 2.26. The second kappa shape index (κ2) is 5.22. The molecule has 0 spiro atoms. The Hall–Kier alpha value is -0.920. The maximum Gasteiger partial charge on any atom is 0.240 e. The van der Waals surface area contributed by atoms with Crippen LogP contribution in [0.5, 0.6) is 0 Å². The Labute approximate surface area is 121 Å². The van der Waals surface area contributed by atoms with Crippen LogP contribution in [0.3, 0.4) is 0 Å². The quantitative estimate of drug-likeness (QED) is 0.819. The first-order valence-corrected chi connectivity index (χ1v) is 7.91. The number of nitrogens with two attached hydrogens (primary N) is 1. The van der Waals surface area contributed by atoms with Crippen LogP contribution < -0.4 is 10.5 Å². The number of anilines is 1. The maximum atomic E-state index is 11.9. The first-order valence-electron chi connectivity index (χ1n) is 5.57. The number of aryl methyl sites for hydroxylation is 1. The summed E-state index contributed by atoms with van der Waals surface area (Å²) in [6, 6.07) is 2.86. The first-order chi connectivity index (χ1) is 8.43. The lowest BCUT2D eigenvalue weighted by Crippen LogP contribution is -2.31. The molecule has 0 aliphatic carbocycles. The van der Waals surface area contributed by atoms with Crippen molar-refractivity contribution in [3.05, 3.63) is 23.3 Å². The molecule has 0 unspecified atom stereocenters. The van der Waals surface area contributed by atoms with Crippen molar-refractivity contribution in [2.45, 2.75) is 36.9 Å². The number of benzene rings is 1. The summed E-state index contributed by atoms with van der Waals surface area (Å²) in [5.74, 6) is -0.262. The van der Waals surface area contributed by atoms with E-state index in [0.29, 0.717) is 5.69 Å². The molecule has 0 aliphatic heterocycles. The molecule has 1 rings (SSSR count). The lowest BCUT2D eigenvalue weighted by molar-refractivity contribution is -0.117. The van der Waals surface area contributed by atoms with Gasteiger partial charge in [-0.3, -0.25) is 4.79 Å². The Bertz CT molecular complexity index is 619. The molecule has 0 heterocycles. The molecule has 3 N–H and O–H groups in total. The predicted octanol–water partition coefficient (Wildman–Crippen LogP) is 2.06. The minimum Gasteiger partial charge on any atom is -0.325 e. The van der Waals surface area contributed by atoms with E-state index in [0.717, 1.165) is 11.1 Å². The van der Waals surface area contributed by atoms with Crippen molar-refractivity contribution in [1.29, 1.82) is 0 Å². The molecule has 0 aromatic heterocycles. The second-order valence-electron chi connectivity index (χ2n) is 4.88. The number of hydrogen-bond acceptors (Lipinski definition) is 3. The number of nitrogens with one attached hydrogen (secondary N) is 1. The first kappa shape index (κ1) is 16.1. The molecule has 5 nitrogen and oxygen atoms in total. The largest absolute Gasteiger partial charge is 0.325 e. The van der Waals surface area contributed by atoms with Gasteiger partial charge >= 0.3 is 0 Å². The zero-order valence-corrected chi connectivity index (χ0v) is 13.6. The van der Waals surface area contributed by atoms with Gasteiger partial charge in [-0.05, 0) is 51.0 Å². The van der Waals surface area contributed by atoms with Crippen molar-refractivity contribution in [1.82, 2.24) is 0 Å². The van der Waals surface area contributed by atoms with Crippen LogP contribution in [-0.2, 0) is 14.8 Å². The SMILES string of the molecule is Cc1cc(S(N)(=O)=O)cc(NC(=O)C(C)(C)Br)c1C. The van der Waals surface area contributed by atoms with Gasteiger partial charge in [0.05, 0.1) is 9.22 Å². The molecule has 1 aromatic rings. The molecule has 106 valence electrons. The van der Waals surface area contributed by atoms with Gasteiger partial charge < -0.3 is 5.32 Å². The third-order valence-corrected chi connectivity index (χ3v) is 4.01. The fourth-order valence-electron chi connectivity index (χ4n) is 1.39. The number of carbonyl (C=O) groups excluding carboxylic acids is 1. The van der Waals surface area contributed by atoms with E-state index in [1.807, 2.05) is 0 Å². The van der Waals surface area contributed by atoms with E-state index in [2.05, 4.69) is 21.2 Å². The minimum absolute atomic E-state index is 0.0155. The van der Waals surface area contributed by atoms with Crippen molar-refractivity contribution in [2.75, 3.05) is 5.32 Å². The lowest BCUT2D eigenvalue weighted by Gasteiger charge is -2.18. The number of alkyl halides is 1. The van der Waals surface area contributed by atoms with Crippen LogP contribution in [0, 0.1) is 13.8 Å². The van der Waals surface area contributed by atoms with Crippen LogP contribution in [0.25, 0.3) is 0 Å². The Kier molecular flexibility index (Phi) is 4.44. The number of carbonyl (C=O) groups is 1. The van der Waals surface area contributed by atoms with Crippen LogP contribution in [0.1, 0.15) is 25.0 Å². The number of primary sulfonamides is 1. The highest BCUT2D eigenvalue weighted by molar-refractivity contribution is 9.10. The summed E-state index contributed by atoms with van der Waals surface area (Å²) in [5, 5.41) is 7.81. The van der Waals surface area contributed by atoms with E-state index < -0.39 is 14.3 Å². The lowest BCUT2D eigenvalue weighted by atomic mass is 10.1. The standard InChI is InChI=1S/C12H17BrN2O3S/c1-7-5-9(19(14,17)18)6-10(8(7)2)15-11(16)12(3,4)13/h5-6H,1-4H3,(H,15,16)(H2,14,17,18). The van der Waals surface area contributed by atoms with E-state index in [1.54, 1.807) is 27.7 Å². The highest BCUT2D eigenvalue weighted by Gasteiger charge is 2.24. The van der Waals surface area contributed by atoms with Crippen LogP contribution in [-0.4, -0.2) is 18.6 Å². The summed E-state index contributed by atoms with van der Waals surface area (Å²) in [7, 11) is -3.80. The monoisotopic (exact) mass is 348 g/mol. The summed E-state index contributed by atoms with van der Waals surface area (Å²) >= 11 is 3.25. The predicted molar refractivity (Wildman–Crippen MR) is 78.9 cm³/mol. The Morgan fingerprint density at radius 2 is 1.84 bits per heavy atom. The Morgan fingerprint density at radius 3 is 2.26 bits per heavy atom.